The number of nitrogens with two attached hydrogens (primary N) is 1. The van der Waals surface area contributed by atoms with Gasteiger partial charge in [-0.25, -0.2) is 0 Å². The van der Waals surface area contributed by atoms with Crippen LogP contribution in [0.15, 0.2) is 53.1 Å². The zero-order valence-corrected chi connectivity index (χ0v) is 20.5. The summed E-state index contributed by atoms with van der Waals surface area (Å²) < 4.78 is 5.49. The average Bonchev–Trinajstić information content (AvgIpc) is 3.51. The highest BCUT2D eigenvalue weighted by molar-refractivity contribution is 5.95. The van der Waals surface area contributed by atoms with Crippen LogP contribution in [0.5, 0.6) is 0 Å². The summed E-state index contributed by atoms with van der Waals surface area (Å²) in [7, 11) is 0. The molecule has 190 valence electrons. The molecule has 0 spiro atoms. The van der Waals surface area contributed by atoms with E-state index in [1.165, 1.54) is 10.9 Å². The summed E-state index contributed by atoms with van der Waals surface area (Å²) in [6.07, 6.45) is 5.38. The molecule has 1 aliphatic heterocycles. The number of rotatable bonds is 7. The number of aromatic nitrogens is 1. The van der Waals surface area contributed by atoms with Crippen LogP contribution in [-0.4, -0.2) is 48.5 Å². The van der Waals surface area contributed by atoms with Gasteiger partial charge in [-0.05, 0) is 73.8 Å². The van der Waals surface area contributed by atoms with E-state index >= 15 is 0 Å². The van der Waals surface area contributed by atoms with E-state index in [0.717, 1.165) is 68.6 Å². The standard InChI is InChI=1S/C26H27N5O2.C2H6.CH4/c27-16-18-4-6-23-22(13-18)19(17-29-23)3-1-2-8-30-9-11-31(12-10-30)21-5-7-24-20(14-21)15-25(33-24)26(28)32;1-2;/h4-7,13-15,17,29H,1-3,8-12H2,(H2,28,32);1-2H3;1H4. The molecule has 0 saturated carbocycles. The van der Waals surface area contributed by atoms with Crippen LogP contribution in [0.1, 0.15) is 55.8 Å². The summed E-state index contributed by atoms with van der Waals surface area (Å²) in [6, 6.07) is 15.8. The van der Waals surface area contributed by atoms with Gasteiger partial charge in [-0.2, -0.15) is 5.26 Å². The first-order valence-corrected chi connectivity index (χ1v) is 12.4. The molecule has 3 N–H and O–H groups in total. The van der Waals surface area contributed by atoms with E-state index < -0.39 is 5.91 Å². The summed E-state index contributed by atoms with van der Waals surface area (Å²) >= 11 is 0. The third-order valence-corrected chi connectivity index (χ3v) is 6.55. The largest absolute Gasteiger partial charge is 0.451 e. The van der Waals surface area contributed by atoms with Crippen molar-refractivity contribution >= 4 is 33.5 Å². The summed E-state index contributed by atoms with van der Waals surface area (Å²) in [4.78, 5) is 19.6. The Morgan fingerprint density at radius 2 is 1.86 bits per heavy atom. The Morgan fingerprint density at radius 3 is 2.58 bits per heavy atom. The molecule has 2 aromatic carbocycles. The number of hydrogen-bond donors (Lipinski definition) is 2. The second-order valence-corrected chi connectivity index (χ2v) is 8.67. The quantitative estimate of drug-likeness (QED) is 0.326. The first-order valence-electron chi connectivity index (χ1n) is 12.4. The van der Waals surface area contributed by atoms with Crippen molar-refractivity contribution in [2.75, 3.05) is 37.6 Å². The smallest absolute Gasteiger partial charge is 0.284 e. The van der Waals surface area contributed by atoms with Crippen LogP contribution in [0.2, 0.25) is 0 Å². The highest BCUT2D eigenvalue weighted by atomic mass is 16.3. The SMILES string of the molecule is C.CC.N#Cc1ccc2[nH]cc(CCCCN3CCN(c4ccc5oc(C(N)=O)cc5c4)CC3)c2c1. The van der Waals surface area contributed by atoms with Gasteiger partial charge >= 0.3 is 0 Å². The molecule has 1 saturated heterocycles. The van der Waals surface area contributed by atoms with Crippen LogP contribution in [-0.2, 0) is 6.42 Å². The fourth-order valence-corrected chi connectivity index (χ4v) is 4.68. The minimum Gasteiger partial charge on any atom is -0.451 e. The zero-order valence-electron chi connectivity index (χ0n) is 20.5. The fourth-order valence-electron chi connectivity index (χ4n) is 4.68. The summed E-state index contributed by atoms with van der Waals surface area (Å²) in [5, 5.41) is 11.2. The molecule has 4 aromatic rings. The minimum atomic E-state index is -0.544. The number of piperazine rings is 1. The lowest BCUT2D eigenvalue weighted by Gasteiger charge is -2.36. The number of amides is 1. The van der Waals surface area contributed by atoms with Crippen molar-refractivity contribution in [3.63, 3.8) is 0 Å². The number of unbranched alkanes of at least 4 members (excludes halogenated alkanes) is 1. The predicted molar refractivity (Wildman–Crippen MR) is 147 cm³/mol. The van der Waals surface area contributed by atoms with Crippen LogP contribution in [0, 0.1) is 11.3 Å². The number of carbonyl (C=O) groups is 1. The molecule has 0 atom stereocenters. The summed E-state index contributed by atoms with van der Waals surface area (Å²) in [5.74, 6) is -0.344. The monoisotopic (exact) mass is 487 g/mol. The normalized spacial score (nSPS) is 13.6. The van der Waals surface area contributed by atoms with E-state index in [1.54, 1.807) is 6.07 Å². The highest BCUT2D eigenvalue weighted by Gasteiger charge is 2.18. The number of carbonyl (C=O) groups excluding carboxylic acids is 1. The summed E-state index contributed by atoms with van der Waals surface area (Å²) in [6.45, 7) is 9.13. The first kappa shape index (κ1) is 26.8. The molecule has 0 bridgehead atoms. The number of fused-ring (bicyclic) bond motifs is 2. The fraction of sp³-hybridized carbons (Fsp3) is 0.379. The number of aryl methyl sites for hydroxylation is 1. The van der Waals surface area contributed by atoms with Crippen molar-refractivity contribution in [3.8, 4) is 6.07 Å². The first-order chi connectivity index (χ1) is 17.1. The third-order valence-electron chi connectivity index (χ3n) is 6.55. The number of hydrogen-bond acceptors (Lipinski definition) is 5. The molecule has 1 fully saturated rings. The van der Waals surface area contributed by atoms with Crippen LogP contribution >= 0.6 is 0 Å². The van der Waals surface area contributed by atoms with Gasteiger partial charge in [-0.3, -0.25) is 9.69 Å². The highest BCUT2D eigenvalue weighted by Crippen LogP contribution is 2.26. The van der Waals surface area contributed by atoms with Gasteiger partial charge < -0.3 is 20.0 Å². The van der Waals surface area contributed by atoms with Gasteiger partial charge in [0.2, 0.25) is 0 Å². The molecule has 7 heteroatoms. The topological polar surface area (TPSA) is 102 Å². The Morgan fingerprint density at radius 1 is 1.08 bits per heavy atom. The molecule has 3 heterocycles. The molecule has 1 amide bonds. The Kier molecular flexibility index (Phi) is 9.15. The predicted octanol–water partition coefficient (Wildman–Crippen LogP) is 5.69. The average molecular weight is 488 g/mol. The number of primary amides is 1. The van der Waals surface area contributed by atoms with Crippen LogP contribution in [0.3, 0.4) is 0 Å². The molecule has 5 rings (SSSR count). The lowest BCUT2D eigenvalue weighted by Crippen LogP contribution is -2.46. The van der Waals surface area contributed by atoms with Crippen LogP contribution in [0.4, 0.5) is 5.69 Å². The van der Waals surface area contributed by atoms with Gasteiger partial charge in [0.15, 0.2) is 5.76 Å². The number of H-pyrrole nitrogens is 1. The number of aromatic amines is 1. The number of furan rings is 1. The van der Waals surface area contributed by atoms with Crippen LogP contribution < -0.4 is 10.6 Å². The van der Waals surface area contributed by atoms with Gasteiger partial charge in [-0.1, -0.05) is 21.3 Å². The van der Waals surface area contributed by atoms with Gasteiger partial charge in [-0.15, -0.1) is 0 Å². The Bertz CT molecular complexity index is 1340. The van der Waals surface area contributed by atoms with E-state index in [9.17, 15) is 4.79 Å². The zero-order chi connectivity index (χ0) is 24.8. The number of nitriles is 1. The van der Waals surface area contributed by atoms with Crippen molar-refractivity contribution in [2.45, 2.75) is 40.5 Å². The molecule has 0 radical (unpaired) electrons. The van der Waals surface area contributed by atoms with Crippen molar-refractivity contribution < 1.29 is 9.21 Å². The number of anilines is 1. The van der Waals surface area contributed by atoms with E-state index in [-0.39, 0.29) is 13.2 Å². The number of nitrogens with zero attached hydrogens (tertiary/aromatic N) is 3. The molecule has 7 nitrogen and oxygen atoms in total. The van der Waals surface area contributed by atoms with E-state index in [4.69, 9.17) is 15.4 Å². The van der Waals surface area contributed by atoms with Gasteiger partial charge in [0.25, 0.3) is 5.91 Å². The van der Waals surface area contributed by atoms with Crippen LogP contribution in [0.25, 0.3) is 21.9 Å². The van der Waals surface area contributed by atoms with E-state index in [0.29, 0.717) is 11.1 Å². The Labute approximate surface area is 213 Å². The molecule has 36 heavy (non-hydrogen) atoms. The molecule has 0 aliphatic carbocycles. The molecular weight excluding hydrogens is 450 g/mol. The molecule has 1 aliphatic rings. The van der Waals surface area contributed by atoms with Gasteiger partial charge in [0.1, 0.15) is 5.58 Å². The van der Waals surface area contributed by atoms with E-state index in [1.807, 2.05) is 44.2 Å². The Hall–Kier alpha value is -3.76. The Balaban J connectivity index is 0.00000117. The van der Waals surface area contributed by atoms with Crippen molar-refractivity contribution in [1.82, 2.24) is 9.88 Å². The molecular formula is C29H37N5O2. The second-order valence-electron chi connectivity index (χ2n) is 8.67. The maximum Gasteiger partial charge on any atom is 0.284 e. The van der Waals surface area contributed by atoms with Crippen molar-refractivity contribution in [1.29, 1.82) is 5.26 Å². The van der Waals surface area contributed by atoms with Crippen molar-refractivity contribution in [2.24, 2.45) is 5.73 Å². The van der Waals surface area contributed by atoms with Gasteiger partial charge in [0, 0.05) is 54.4 Å². The minimum absolute atomic E-state index is 0. The number of benzene rings is 2. The molecule has 0 unspecified atom stereocenters. The van der Waals surface area contributed by atoms with Gasteiger partial charge in [0.05, 0.1) is 11.6 Å². The summed E-state index contributed by atoms with van der Waals surface area (Å²) in [5.41, 5.74) is 10.3. The van der Waals surface area contributed by atoms with Crippen molar-refractivity contribution in [3.05, 3.63) is 65.5 Å². The lowest BCUT2D eigenvalue weighted by molar-refractivity contribution is 0.0976. The number of nitrogens with one attached hydrogen (secondary N) is 1. The maximum atomic E-state index is 11.4. The third kappa shape index (κ3) is 5.89. The maximum absolute atomic E-state index is 11.4. The lowest BCUT2D eigenvalue weighted by atomic mass is 10.1. The second kappa shape index (κ2) is 12.3. The van der Waals surface area contributed by atoms with E-state index in [2.05, 4.69) is 33.1 Å². The molecule has 2 aromatic heterocycles.